The summed E-state index contributed by atoms with van der Waals surface area (Å²) in [5.74, 6) is 0.982. The maximum Gasteiger partial charge on any atom is 0.323 e. The van der Waals surface area contributed by atoms with Crippen LogP contribution in [0.5, 0.6) is 0 Å². The Balaban J connectivity index is 1.54. The third-order valence-electron chi connectivity index (χ3n) is 4.72. The molecule has 0 unspecified atom stereocenters. The van der Waals surface area contributed by atoms with Gasteiger partial charge in [0.15, 0.2) is 0 Å². The predicted molar refractivity (Wildman–Crippen MR) is 115 cm³/mol. The van der Waals surface area contributed by atoms with E-state index in [9.17, 15) is 4.79 Å². The summed E-state index contributed by atoms with van der Waals surface area (Å²) in [6.07, 6.45) is 2.41. The van der Waals surface area contributed by atoms with E-state index in [1.807, 2.05) is 42.5 Å². The second-order valence-electron chi connectivity index (χ2n) is 6.71. The minimum atomic E-state index is -0.314. The van der Waals surface area contributed by atoms with Crippen LogP contribution >= 0.6 is 11.6 Å². The highest BCUT2D eigenvalue weighted by Gasteiger charge is 2.15. The zero-order chi connectivity index (χ0) is 19.3. The van der Waals surface area contributed by atoms with Crippen molar-refractivity contribution in [3.63, 3.8) is 0 Å². The van der Waals surface area contributed by atoms with Crippen LogP contribution in [0.3, 0.4) is 0 Å². The number of pyridine rings is 1. The predicted octanol–water partition coefficient (Wildman–Crippen LogP) is 5.65. The van der Waals surface area contributed by atoms with Gasteiger partial charge in [-0.05, 0) is 55.3 Å². The summed E-state index contributed by atoms with van der Waals surface area (Å²) in [5.41, 5.74) is 3.11. The highest BCUT2D eigenvalue weighted by molar-refractivity contribution is 6.30. The van der Waals surface area contributed by atoms with Gasteiger partial charge in [0.2, 0.25) is 0 Å². The molecule has 28 heavy (non-hydrogen) atoms. The number of hydrogen-bond acceptors (Lipinski definition) is 3. The lowest BCUT2D eigenvalue weighted by molar-refractivity contribution is 0.262. The molecule has 2 aromatic carbocycles. The van der Waals surface area contributed by atoms with Crippen molar-refractivity contribution in [1.82, 2.24) is 4.98 Å². The number of amides is 2. The number of rotatable bonds is 4. The summed E-state index contributed by atoms with van der Waals surface area (Å²) in [6.45, 7) is 2.08. The lowest BCUT2D eigenvalue weighted by Crippen LogP contribution is -2.20. The van der Waals surface area contributed by atoms with Gasteiger partial charge in [-0.1, -0.05) is 35.9 Å². The fourth-order valence-electron chi connectivity index (χ4n) is 3.33. The smallest absolute Gasteiger partial charge is 0.323 e. The molecule has 5 nitrogen and oxygen atoms in total. The SMILES string of the molecule is O=C(Nc1ccc(Cl)cc1)Nc1ccccc1-c1cccc(N2CCCC2)n1. The van der Waals surface area contributed by atoms with Gasteiger partial charge in [0.25, 0.3) is 0 Å². The van der Waals surface area contributed by atoms with Crippen LogP contribution in [0.2, 0.25) is 5.02 Å². The number of anilines is 3. The van der Waals surface area contributed by atoms with E-state index in [4.69, 9.17) is 16.6 Å². The van der Waals surface area contributed by atoms with Crippen molar-refractivity contribution >= 4 is 34.8 Å². The molecule has 4 rings (SSSR count). The van der Waals surface area contributed by atoms with Gasteiger partial charge in [-0.3, -0.25) is 0 Å². The molecule has 2 amide bonds. The highest BCUT2D eigenvalue weighted by atomic mass is 35.5. The number of para-hydroxylation sites is 1. The number of nitrogens with zero attached hydrogens (tertiary/aromatic N) is 2. The Morgan fingerprint density at radius 2 is 1.64 bits per heavy atom. The second kappa shape index (κ2) is 8.31. The van der Waals surface area contributed by atoms with E-state index in [-0.39, 0.29) is 6.03 Å². The molecule has 0 radical (unpaired) electrons. The summed E-state index contributed by atoms with van der Waals surface area (Å²) >= 11 is 5.89. The Labute approximate surface area is 169 Å². The number of urea groups is 1. The van der Waals surface area contributed by atoms with E-state index in [0.29, 0.717) is 16.4 Å². The molecule has 6 heteroatoms. The lowest BCUT2D eigenvalue weighted by Gasteiger charge is -2.18. The van der Waals surface area contributed by atoms with Crippen molar-refractivity contribution in [1.29, 1.82) is 0 Å². The van der Waals surface area contributed by atoms with Gasteiger partial charge in [-0.15, -0.1) is 0 Å². The van der Waals surface area contributed by atoms with Crippen LogP contribution in [0.15, 0.2) is 66.7 Å². The molecule has 1 saturated heterocycles. The van der Waals surface area contributed by atoms with E-state index in [1.54, 1.807) is 24.3 Å². The minimum absolute atomic E-state index is 0.314. The first kappa shape index (κ1) is 18.3. The van der Waals surface area contributed by atoms with Crippen LogP contribution < -0.4 is 15.5 Å². The van der Waals surface area contributed by atoms with Gasteiger partial charge in [0.1, 0.15) is 5.82 Å². The third kappa shape index (κ3) is 4.26. The molecule has 1 aromatic heterocycles. The summed E-state index contributed by atoms with van der Waals surface area (Å²) in [4.78, 5) is 19.6. The average Bonchev–Trinajstić information content (AvgIpc) is 3.25. The highest BCUT2D eigenvalue weighted by Crippen LogP contribution is 2.29. The molecule has 0 aliphatic carbocycles. The fourth-order valence-corrected chi connectivity index (χ4v) is 3.45. The molecule has 2 heterocycles. The van der Waals surface area contributed by atoms with E-state index in [2.05, 4.69) is 15.5 Å². The zero-order valence-electron chi connectivity index (χ0n) is 15.4. The second-order valence-corrected chi connectivity index (χ2v) is 7.14. The van der Waals surface area contributed by atoms with Crippen molar-refractivity contribution < 1.29 is 4.79 Å². The number of benzene rings is 2. The summed E-state index contributed by atoms with van der Waals surface area (Å²) in [6, 6.07) is 20.4. The van der Waals surface area contributed by atoms with Gasteiger partial charge >= 0.3 is 6.03 Å². The zero-order valence-corrected chi connectivity index (χ0v) is 16.1. The Morgan fingerprint density at radius 1 is 0.893 bits per heavy atom. The topological polar surface area (TPSA) is 57.3 Å². The first-order chi connectivity index (χ1) is 13.7. The normalized spacial score (nSPS) is 13.4. The average molecular weight is 393 g/mol. The van der Waals surface area contributed by atoms with Crippen LogP contribution in [0, 0.1) is 0 Å². The number of nitrogens with one attached hydrogen (secondary N) is 2. The number of hydrogen-bond donors (Lipinski definition) is 2. The largest absolute Gasteiger partial charge is 0.357 e. The van der Waals surface area contributed by atoms with Gasteiger partial charge in [-0.2, -0.15) is 0 Å². The Kier molecular flexibility index (Phi) is 5.44. The number of carbonyl (C=O) groups excluding carboxylic acids is 1. The molecule has 3 aromatic rings. The van der Waals surface area contributed by atoms with Gasteiger partial charge in [0.05, 0.1) is 11.4 Å². The standard InChI is InChI=1S/C22H21ClN4O/c23-16-10-12-17(13-11-16)24-22(28)26-20-7-2-1-6-18(20)19-8-5-9-21(25-19)27-14-3-4-15-27/h1-2,5-13H,3-4,14-15H2,(H2,24,26,28). The molecular weight excluding hydrogens is 372 g/mol. The fraction of sp³-hybridized carbons (Fsp3) is 0.182. The molecule has 1 aliphatic rings. The third-order valence-corrected chi connectivity index (χ3v) is 4.97. The molecule has 2 N–H and O–H groups in total. The van der Waals surface area contributed by atoms with Crippen LogP contribution in [0.1, 0.15) is 12.8 Å². The Hall–Kier alpha value is -3.05. The maximum absolute atomic E-state index is 12.4. The molecular formula is C22H21ClN4O. The summed E-state index contributed by atoms with van der Waals surface area (Å²) < 4.78 is 0. The van der Waals surface area contributed by atoms with E-state index in [0.717, 1.165) is 30.2 Å². The molecule has 1 fully saturated rings. The summed E-state index contributed by atoms with van der Waals surface area (Å²) in [7, 11) is 0. The summed E-state index contributed by atoms with van der Waals surface area (Å²) in [5, 5.41) is 6.36. The van der Waals surface area contributed by atoms with E-state index >= 15 is 0 Å². The Morgan fingerprint density at radius 3 is 2.43 bits per heavy atom. The van der Waals surface area contributed by atoms with Crippen LogP contribution in [-0.2, 0) is 0 Å². The first-order valence-electron chi connectivity index (χ1n) is 9.34. The lowest BCUT2D eigenvalue weighted by atomic mass is 10.1. The quantitative estimate of drug-likeness (QED) is 0.603. The van der Waals surface area contributed by atoms with Gasteiger partial charge in [0, 0.05) is 29.4 Å². The van der Waals surface area contributed by atoms with Crippen molar-refractivity contribution in [3.05, 3.63) is 71.8 Å². The van der Waals surface area contributed by atoms with Gasteiger partial charge < -0.3 is 15.5 Å². The van der Waals surface area contributed by atoms with Crippen LogP contribution in [0.4, 0.5) is 22.0 Å². The Bertz CT molecular complexity index is 968. The van der Waals surface area contributed by atoms with Crippen LogP contribution in [0.25, 0.3) is 11.3 Å². The molecule has 1 aliphatic heterocycles. The monoisotopic (exact) mass is 392 g/mol. The molecule has 0 atom stereocenters. The van der Waals surface area contributed by atoms with Gasteiger partial charge in [-0.25, -0.2) is 9.78 Å². The van der Waals surface area contributed by atoms with Crippen LogP contribution in [-0.4, -0.2) is 24.1 Å². The van der Waals surface area contributed by atoms with E-state index < -0.39 is 0 Å². The first-order valence-corrected chi connectivity index (χ1v) is 9.72. The minimum Gasteiger partial charge on any atom is -0.357 e. The molecule has 0 bridgehead atoms. The number of halogens is 1. The maximum atomic E-state index is 12.4. The van der Waals surface area contributed by atoms with Crippen molar-refractivity contribution in [2.24, 2.45) is 0 Å². The molecule has 0 spiro atoms. The molecule has 142 valence electrons. The van der Waals surface area contributed by atoms with E-state index in [1.165, 1.54) is 12.8 Å². The van der Waals surface area contributed by atoms with Crippen molar-refractivity contribution in [3.8, 4) is 11.3 Å². The van der Waals surface area contributed by atoms with Crippen molar-refractivity contribution in [2.75, 3.05) is 28.6 Å². The molecule has 0 saturated carbocycles. The number of carbonyl (C=O) groups is 1. The van der Waals surface area contributed by atoms with Crippen molar-refractivity contribution in [2.45, 2.75) is 12.8 Å². The number of aromatic nitrogens is 1.